The summed E-state index contributed by atoms with van der Waals surface area (Å²) in [6, 6.07) is 13.0. The number of primary amides is 1. The number of hydrogen-bond donors (Lipinski definition) is 3. The molecule has 2 heterocycles. The molecule has 0 bridgehead atoms. The van der Waals surface area contributed by atoms with Crippen molar-refractivity contribution in [1.29, 1.82) is 0 Å². The van der Waals surface area contributed by atoms with Crippen LogP contribution in [0.4, 0.5) is 18.9 Å². The van der Waals surface area contributed by atoms with Gasteiger partial charge in [-0.15, -0.1) is 0 Å². The Morgan fingerprint density at radius 3 is 2.48 bits per heavy atom. The van der Waals surface area contributed by atoms with Gasteiger partial charge in [0.15, 0.2) is 0 Å². The molecular formula is C32H27F3N4O3. The molecular weight excluding hydrogens is 545 g/mol. The van der Waals surface area contributed by atoms with E-state index in [1.165, 1.54) is 18.3 Å². The molecule has 0 fully saturated rings. The number of halogens is 3. The van der Waals surface area contributed by atoms with Crippen molar-refractivity contribution in [2.24, 2.45) is 5.73 Å². The third-order valence-electron chi connectivity index (χ3n) is 7.25. The van der Waals surface area contributed by atoms with Gasteiger partial charge in [-0.2, -0.15) is 0 Å². The predicted octanol–water partition coefficient (Wildman–Crippen LogP) is 5.41. The number of nitrogens with zero attached hydrogens (tertiary/aromatic N) is 1. The van der Waals surface area contributed by atoms with Crippen LogP contribution in [0.15, 0.2) is 66.9 Å². The second-order valence-corrected chi connectivity index (χ2v) is 10.4. The van der Waals surface area contributed by atoms with Crippen LogP contribution in [0.25, 0.3) is 11.1 Å². The molecule has 5 rings (SSSR count). The minimum atomic E-state index is -0.958. The Balaban J connectivity index is 1.52. The minimum absolute atomic E-state index is 0.0556. The molecule has 1 aliphatic rings. The Labute approximate surface area is 240 Å². The summed E-state index contributed by atoms with van der Waals surface area (Å²) in [7, 11) is 0. The molecule has 0 aliphatic carbocycles. The first-order chi connectivity index (χ1) is 20.0. The number of nitrogens with two attached hydrogens (primary N) is 1. The maximum absolute atomic E-state index is 14.2. The van der Waals surface area contributed by atoms with E-state index in [0.29, 0.717) is 22.5 Å². The van der Waals surface area contributed by atoms with Gasteiger partial charge in [0.25, 0.3) is 5.91 Å². The lowest BCUT2D eigenvalue weighted by Crippen LogP contribution is -2.33. The van der Waals surface area contributed by atoms with Crippen LogP contribution in [-0.4, -0.2) is 22.7 Å². The molecule has 0 radical (unpaired) electrons. The number of amides is 3. The Morgan fingerprint density at radius 2 is 1.76 bits per heavy atom. The number of pyridine rings is 1. The quantitative estimate of drug-likeness (QED) is 0.262. The molecule has 4 aromatic rings. The topological polar surface area (TPSA) is 114 Å². The third-order valence-corrected chi connectivity index (χ3v) is 7.25. The van der Waals surface area contributed by atoms with Crippen LogP contribution in [0, 0.1) is 31.3 Å². The fraction of sp³-hybridized carbons (Fsp3) is 0.188. The molecule has 7 nitrogen and oxygen atoms in total. The number of aromatic nitrogens is 1. The van der Waals surface area contributed by atoms with Crippen LogP contribution in [0.5, 0.6) is 0 Å². The lowest BCUT2D eigenvalue weighted by Gasteiger charge is -2.22. The zero-order chi connectivity index (χ0) is 30.1. The van der Waals surface area contributed by atoms with E-state index in [2.05, 4.69) is 15.6 Å². The molecule has 3 aromatic carbocycles. The minimum Gasteiger partial charge on any atom is -0.366 e. The van der Waals surface area contributed by atoms with E-state index in [1.807, 2.05) is 26.0 Å². The van der Waals surface area contributed by atoms with Crippen LogP contribution in [0.1, 0.15) is 56.7 Å². The molecule has 0 spiro atoms. The average Bonchev–Trinajstić information content (AvgIpc) is 3.22. The number of carbonyl (C=O) groups excluding carboxylic acids is 3. The molecule has 1 aliphatic heterocycles. The number of hydrogen-bond acceptors (Lipinski definition) is 4. The van der Waals surface area contributed by atoms with E-state index in [1.54, 1.807) is 12.1 Å². The summed E-state index contributed by atoms with van der Waals surface area (Å²) in [4.78, 5) is 42.6. The van der Waals surface area contributed by atoms with Crippen molar-refractivity contribution in [3.8, 4) is 11.1 Å². The molecule has 3 amide bonds. The van der Waals surface area contributed by atoms with E-state index >= 15 is 0 Å². The summed E-state index contributed by atoms with van der Waals surface area (Å²) in [5.74, 6) is -4.85. The zero-order valence-corrected chi connectivity index (χ0v) is 22.8. The summed E-state index contributed by atoms with van der Waals surface area (Å²) in [5, 5.41) is 5.74. The number of nitrogens with one attached hydrogen (secondary N) is 2. The second kappa shape index (κ2) is 11.5. The normalized spacial score (nSPS) is 14.7. The molecule has 42 heavy (non-hydrogen) atoms. The highest BCUT2D eigenvalue weighted by Crippen LogP contribution is 2.38. The van der Waals surface area contributed by atoms with Gasteiger partial charge in [0.1, 0.15) is 17.5 Å². The van der Waals surface area contributed by atoms with Gasteiger partial charge in [0.2, 0.25) is 11.8 Å². The maximum Gasteiger partial charge on any atom is 0.251 e. The number of anilines is 1. The molecule has 214 valence electrons. The lowest BCUT2D eigenvalue weighted by atomic mass is 9.91. The van der Waals surface area contributed by atoms with Gasteiger partial charge in [0, 0.05) is 29.9 Å². The van der Waals surface area contributed by atoms with E-state index in [4.69, 9.17) is 5.73 Å². The fourth-order valence-electron chi connectivity index (χ4n) is 5.53. The number of benzene rings is 3. The number of carbonyl (C=O) groups is 3. The zero-order valence-electron chi connectivity index (χ0n) is 22.8. The largest absolute Gasteiger partial charge is 0.366 e. The van der Waals surface area contributed by atoms with Gasteiger partial charge >= 0.3 is 0 Å². The predicted molar refractivity (Wildman–Crippen MR) is 151 cm³/mol. The standard InChI is InChI=1S/C32H27F3N4O3/c1-16-8-17(2)29-24(32(42)39-26(29)9-16)15-28(40)38-27(12-18-10-20(33)14-21(34)11-18)30-22(4-3-7-37-30)19-5-6-25(35)23(13-19)31(36)41/h3-11,13-14,24,27H,12,15H2,1-2H3,(H2,36,41)(H,38,40)(H,39,42)/t24-,27-/m0/s1. The van der Waals surface area contributed by atoms with Crippen LogP contribution < -0.4 is 16.4 Å². The van der Waals surface area contributed by atoms with Gasteiger partial charge in [-0.05, 0) is 84.5 Å². The van der Waals surface area contributed by atoms with Gasteiger partial charge in [-0.25, -0.2) is 13.2 Å². The highest BCUT2D eigenvalue weighted by atomic mass is 19.1. The van der Waals surface area contributed by atoms with Crippen molar-refractivity contribution in [2.45, 2.75) is 38.6 Å². The third kappa shape index (κ3) is 5.88. The molecule has 0 unspecified atom stereocenters. The van der Waals surface area contributed by atoms with Crippen LogP contribution in [0.2, 0.25) is 0 Å². The highest BCUT2D eigenvalue weighted by molar-refractivity contribution is 6.05. The van der Waals surface area contributed by atoms with E-state index in [0.717, 1.165) is 41.0 Å². The molecule has 0 saturated heterocycles. The van der Waals surface area contributed by atoms with Gasteiger partial charge < -0.3 is 16.4 Å². The lowest BCUT2D eigenvalue weighted by molar-refractivity contribution is -0.125. The van der Waals surface area contributed by atoms with Crippen molar-refractivity contribution in [1.82, 2.24) is 10.3 Å². The van der Waals surface area contributed by atoms with Crippen molar-refractivity contribution in [3.05, 3.63) is 118 Å². The summed E-state index contributed by atoms with van der Waals surface area (Å²) < 4.78 is 42.4. The summed E-state index contributed by atoms with van der Waals surface area (Å²) in [5.41, 5.74) is 9.67. The first kappa shape index (κ1) is 28.5. The summed E-state index contributed by atoms with van der Waals surface area (Å²) in [6.45, 7) is 3.79. The average molecular weight is 573 g/mol. The molecule has 2 atom stereocenters. The molecule has 4 N–H and O–H groups in total. The Hall–Kier alpha value is -4.99. The fourth-order valence-corrected chi connectivity index (χ4v) is 5.53. The van der Waals surface area contributed by atoms with Crippen LogP contribution in [-0.2, 0) is 16.0 Å². The summed E-state index contributed by atoms with van der Waals surface area (Å²) >= 11 is 0. The monoisotopic (exact) mass is 572 g/mol. The second-order valence-electron chi connectivity index (χ2n) is 10.4. The molecule has 0 saturated carbocycles. The summed E-state index contributed by atoms with van der Waals surface area (Å²) in [6.07, 6.45) is 1.25. The number of aryl methyl sites for hydroxylation is 2. The van der Waals surface area contributed by atoms with Gasteiger partial charge in [-0.1, -0.05) is 18.2 Å². The van der Waals surface area contributed by atoms with Crippen molar-refractivity contribution < 1.29 is 27.6 Å². The molecule has 10 heteroatoms. The molecule has 1 aromatic heterocycles. The van der Waals surface area contributed by atoms with Gasteiger partial charge in [0.05, 0.1) is 23.2 Å². The number of fused-ring (bicyclic) bond motifs is 1. The van der Waals surface area contributed by atoms with Crippen LogP contribution in [0.3, 0.4) is 0 Å². The van der Waals surface area contributed by atoms with E-state index in [9.17, 15) is 27.6 Å². The first-order valence-corrected chi connectivity index (χ1v) is 13.2. The van der Waals surface area contributed by atoms with E-state index in [-0.39, 0.29) is 29.9 Å². The van der Waals surface area contributed by atoms with Crippen molar-refractivity contribution in [2.75, 3.05) is 5.32 Å². The van der Waals surface area contributed by atoms with Crippen molar-refractivity contribution >= 4 is 23.4 Å². The Morgan fingerprint density at radius 1 is 1.02 bits per heavy atom. The Kier molecular flexibility index (Phi) is 7.80. The van der Waals surface area contributed by atoms with Gasteiger partial charge in [-0.3, -0.25) is 19.4 Å². The van der Waals surface area contributed by atoms with E-state index < -0.39 is 41.2 Å². The SMILES string of the molecule is Cc1cc(C)c2c(c1)NC(=O)[C@H]2CC(=O)N[C@@H](Cc1cc(F)cc(F)c1)c1ncccc1-c1ccc(F)c(C(N)=O)c1. The highest BCUT2D eigenvalue weighted by Gasteiger charge is 2.34. The first-order valence-electron chi connectivity index (χ1n) is 13.2. The smallest absolute Gasteiger partial charge is 0.251 e. The Bertz CT molecular complexity index is 1720. The number of rotatable bonds is 8. The maximum atomic E-state index is 14.2. The van der Waals surface area contributed by atoms with Crippen LogP contribution >= 0.6 is 0 Å². The van der Waals surface area contributed by atoms with Crippen molar-refractivity contribution in [3.63, 3.8) is 0 Å².